The van der Waals surface area contributed by atoms with Crippen molar-refractivity contribution in [1.29, 1.82) is 0 Å². The van der Waals surface area contributed by atoms with E-state index in [1.54, 1.807) is 6.92 Å². The number of hydrogen-bond acceptors (Lipinski definition) is 2. The van der Waals surface area contributed by atoms with Crippen molar-refractivity contribution in [3.63, 3.8) is 0 Å². The quantitative estimate of drug-likeness (QED) is 0.839. The Morgan fingerprint density at radius 2 is 2.06 bits per heavy atom. The first-order valence-corrected chi connectivity index (χ1v) is 6.35. The van der Waals surface area contributed by atoms with Crippen LogP contribution < -0.4 is 0 Å². The molecule has 0 bridgehead atoms. The van der Waals surface area contributed by atoms with Crippen molar-refractivity contribution >= 4 is 27.5 Å². The molecule has 1 aromatic carbocycles. The van der Waals surface area contributed by atoms with Gasteiger partial charge in [-0.25, -0.2) is 4.39 Å². The summed E-state index contributed by atoms with van der Waals surface area (Å²) in [5.41, 5.74) is 0.633. The number of aryl methyl sites for hydroxylation is 1. The van der Waals surface area contributed by atoms with Gasteiger partial charge in [0.15, 0.2) is 0 Å². The van der Waals surface area contributed by atoms with Gasteiger partial charge in [-0.05, 0) is 31.0 Å². The van der Waals surface area contributed by atoms with Gasteiger partial charge in [0.1, 0.15) is 11.9 Å². The van der Waals surface area contributed by atoms with Gasteiger partial charge in [0, 0.05) is 15.9 Å². The predicted molar refractivity (Wildman–Crippen MR) is 65.5 cm³/mol. The monoisotopic (exact) mass is 310 g/mol. The van der Waals surface area contributed by atoms with Gasteiger partial charge in [-0.1, -0.05) is 27.5 Å². The van der Waals surface area contributed by atoms with Crippen molar-refractivity contribution in [2.45, 2.75) is 25.6 Å². The molecule has 5 heteroatoms. The Morgan fingerprint density at radius 1 is 1.44 bits per heavy atom. The van der Waals surface area contributed by atoms with E-state index < -0.39 is 18.0 Å². The summed E-state index contributed by atoms with van der Waals surface area (Å²) in [7, 11) is 0. The van der Waals surface area contributed by atoms with Crippen LogP contribution in [0.4, 0.5) is 4.39 Å². The van der Waals surface area contributed by atoms with Crippen molar-refractivity contribution in [2.75, 3.05) is 5.33 Å². The summed E-state index contributed by atoms with van der Waals surface area (Å²) in [5.74, 6) is -0.440. The van der Waals surface area contributed by atoms with Gasteiger partial charge >= 0.3 is 0 Å². The molecule has 90 valence electrons. The van der Waals surface area contributed by atoms with E-state index in [0.29, 0.717) is 17.3 Å². The van der Waals surface area contributed by atoms with Crippen molar-refractivity contribution in [2.24, 2.45) is 0 Å². The zero-order valence-electron chi connectivity index (χ0n) is 8.75. The van der Waals surface area contributed by atoms with Gasteiger partial charge in [0.05, 0.1) is 6.10 Å². The normalized spacial score (nSPS) is 14.9. The summed E-state index contributed by atoms with van der Waals surface area (Å²) >= 11 is 9.05. The Labute approximate surface area is 107 Å². The third kappa shape index (κ3) is 3.17. The van der Waals surface area contributed by atoms with E-state index in [1.807, 2.05) is 0 Å². The maximum absolute atomic E-state index is 13.3. The van der Waals surface area contributed by atoms with Gasteiger partial charge in [0.2, 0.25) is 0 Å². The number of aliphatic hydroxyl groups excluding tert-OH is 2. The highest BCUT2D eigenvalue weighted by atomic mass is 79.9. The number of aliphatic hydroxyl groups is 2. The zero-order chi connectivity index (χ0) is 12.3. The fourth-order valence-electron chi connectivity index (χ4n) is 1.37. The lowest BCUT2D eigenvalue weighted by Crippen LogP contribution is -2.19. The zero-order valence-corrected chi connectivity index (χ0v) is 11.1. The molecule has 1 aromatic rings. The molecule has 2 N–H and O–H groups in total. The van der Waals surface area contributed by atoms with Gasteiger partial charge in [-0.2, -0.15) is 0 Å². The summed E-state index contributed by atoms with van der Waals surface area (Å²) in [5, 5.41) is 20.2. The summed E-state index contributed by atoms with van der Waals surface area (Å²) in [6.07, 6.45) is -1.76. The van der Waals surface area contributed by atoms with Crippen LogP contribution in [0.15, 0.2) is 12.1 Å². The van der Waals surface area contributed by atoms with E-state index in [2.05, 4.69) is 15.9 Å². The van der Waals surface area contributed by atoms with Crippen LogP contribution in [0.5, 0.6) is 0 Å². The van der Waals surface area contributed by atoms with Crippen molar-refractivity contribution < 1.29 is 14.6 Å². The molecular weight excluding hydrogens is 298 g/mol. The molecule has 0 spiro atoms. The van der Waals surface area contributed by atoms with E-state index in [4.69, 9.17) is 11.6 Å². The Kier molecular flexibility index (Phi) is 5.18. The number of hydrogen-bond donors (Lipinski definition) is 2. The molecule has 0 aliphatic heterocycles. The Morgan fingerprint density at radius 3 is 2.62 bits per heavy atom. The van der Waals surface area contributed by atoms with Gasteiger partial charge < -0.3 is 10.2 Å². The number of benzene rings is 1. The van der Waals surface area contributed by atoms with Crippen LogP contribution in [-0.2, 0) is 0 Å². The third-order valence-electron chi connectivity index (χ3n) is 2.37. The first-order chi connectivity index (χ1) is 7.47. The molecule has 0 aliphatic rings. The SMILES string of the molecule is Cc1cc(Cl)c(C(O)C(O)CCBr)cc1F. The first-order valence-electron chi connectivity index (χ1n) is 4.85. The molecule has 16 heavy (non-hydrogen) atoms. The number of alkyl halides is 1. The van der Waals surface area contributed by atoms with Crippen molar-refractivity contribution in [1.82, 2.24) is 0 Å². The maximum Gasteiger partial charge on any atom is 0.126 e. The van der Waals surface area contributed by atoms with Crippen LogP contribution in [0.25, 0.3) is 0 Å². The van der Waals surface area contributed by atoms with E-state index in [1.165, 1.54) is 12.1 Å². The second-order valence-electron chi connectivity index (χ2n) is 3.61. The molecule has 0 aromatic heterocycles. The summed E-state index contributed by atoms with van der Waals surface area (Å²) in [4.78, 5) is 0. The van der Waals surface area contributed by atoms with E-state index >= 15 is 0 Å². The summed E-state index contributed by atoms with van der Waals surface area (Å²) in [6.45, 7) is 1.59. The number of rotatable bonds is 4. The Hall–Kier alpha value is -0.160. The second kappa shape index (κ2) is 5.96. The molecular formula is C11H13BrClFO2. The van der Waals surface area contributed by atoms with E-state index in [0.717, 1.165) is 0 Å². The van der Waals surface area contributed by atoms with E-state index in [9.17, 15) is 14.6 Å². The van der Waals surface area contributed by atoms with E-state index in [-0.39, 0.29) is 10.6 Å². The highest BCUT2D eigenvalue weighted by Crippen LogP contribution is 2.29. The van der Waals surface area contributed by atoms with Crippen LogP contribution >= 0.6 is 27.5 Å². The van der Waals surface area contributed by atoms with Gasteiger partial charge in [-0.15, -0.1) is 0 Å². The lowest BCUT2D eigenvalue weighted by molar-refractivity contribution is 0.0172. The molecule has 0 fully saturated rings. The summed E-state index contributed by atoms with van der Waals surface area (Å²) in [6, 6.07) is 2.61. The lowest BCUT2D eigenvalue weighted by atomic mass is 10.0. The molecule has 0 radical (unpaired) electrons. The molecule has 0 aliphatic carbocycles. The number of halogens is 3. The lowest BCUT2D eigenvalue weighted by Gasteiger charge is -2.18. The average Bonchev–Trinajstić information content (AvgIpc) is 2.23. The van der Waals surface area contributed by atoms with Crippen LogP contribution in [0, 0.1) is 12.7 Å². The summed E-state index contributed by atoms with van der Waals surface area (Å²) < 4.78 is 13.3. The maximum atomic E-state index is 13.3. The molecule has 1 rings (SSSR count). The third-order valence-corrected chi connectivity index (χ3v) is 3.15. The van der Waals surface area contributed by atoms with Gasteiger partial charge in [0.25, 0.3) is 0 Å². The topological polar surface area (TPSA) is 40.5 Å². The second-order valence-corrected chi connectivity index (χ2v) is 4.81. The molecule has 0 saturated heterocycles. The van der Waals surface area contributed by atoms with Crippen molar-refractivity contribution in [3.8, 4) is 0 Å². The van der Waals surface area contributed by atoms with Crippen LogP contribution in [-0.4, -0.2) is 21.6 Å². The van der Waals surface area contributed by atoms with Crippen LogP contribution in [0.1, 0.15) is 23.7 Å². The fraction of sp³-hybridized carbons (Fsp3) is 0.455. The molecule has 2 atom stereocenters. The fourth-order valence-corrected chi connectivity index (χ4v) is 2.16. The molecule has 2 nitrogen and oxygen atoms in total. The minimum atomic E-state index is -1.17. The minimum Gasteiger partial charge on any atom is -0.390 e. The minimum absolute atomic E-state index is 0.221. The molecule has 0 amide bonds. The smallest absolute Gasteiger partial charge is 0.126 e. The molecule has 2 unspecified atom stereocenters. The van der Waals surface area contributed by atoms with Crippen molar-refractivity contribution in [3.05, 3.63) is 34.1 Å². The molecule has 0 saturated carbocycles. The highest BCUT2D eigenvalue weighted by Gasteiger charge is 2.21. The highest BCUT2D eigenvalue weighted by molar-refractivity contribution is 9.09. The van der Waals surface area contributed by atoms with Crippen LogP contribution in [0.2, 0.25) is 5.02 Å². The average molecular weight is 312 g/mol. The largest absolute Gasteiger partial charge is 0.390 e. The standard InChI is InChI=1S/C11H13BrClFO2/c1-6-4-8(13)7(5-9(6)14)11(16)10(15)2-3-12/h4-5,10-11,15-16H,2-3H2,1H3. The Balaban J connectivity index is 2.99. The molecule has 0 heterocycles. The predicted octanol–water partition coefficient (Wildman–Crippen LogP) is 2.97. The Bertz CT molecular complexity index is 373. The van der Waals surface area contributed by atoms with Crippen LogP contribution in [0.3, 0.4) is 0 Å². The van der Waals surface area contributed by atoms with Gasteiger partial charge in [-0.3, -0.25) is 0 Å². The first kappa shape index (κ1) is 13.9.